The quantitative estimate of drug-likeness (QED) is 0.198. The number of carbonyl (C=O) groups excluding carboxylic acids is 3. The minimum absolute atomic E-state index is 0.0187. The molecule has 5 atom stereocenters. The van der Waals surface area contributed by atoms with Gasteiger partial charge in [0.25, 0.3) is 5.91 Å². The van der Waals surface area contributed by atoms with E-state index in [9.17, 15) is 39.9 Å². The predicted molar refractivity (Wildman–Crippen MR) is 138 cm³/mol. The molecule has 0 heterocycles. The third-order valence-electron chi connectivity index (χ3n) is 7.07. The Morgan fingerprint density at radius 1 is 1.14 bits per heavy atom. The summed E-state index contributed by atoms with van der Waals surface area (Å²) in [5.74, 6) is -8.30. The molecular formula is C22H23Cl4N2O8Sb. The van der Waals surface area contributed by atoms with Crippen molar-refractivity contribution in [3.63, 3.8) is 0 Å². The van der Waals surface area contributed by atoms with E-state index in [2.05, 4.69) is 0 Å². The zero-order valence-electron chi connectivity index (χ0n) is 19.5. The zero-order chi connectivity index (χ0) is 28.4. The first-order valence-electron chi connectivity index (χ1n) is 10.6. The summed E-state index contributed by atoms with van der Waals surface area (Å²) < 4.78 is 0. The van der Waals surface area contributed by atoms with E-state index < -0.39 is 91.8 Å². The van der Waals surface area contributed by atoms with Gasteiger partial charge in [0, 0.05) is 28.0 Å². The van der Waals surface area contributed by atoms with Crippen LogP contribution < -0.4 is 5.73 Å². The third-order valence-corrected chi connectivity index (χ3v) is 7.39. The number of hydrogen-bond acceptors (Lipinski definition) is 9. The van der Waals surface area contributed by atoms with Crippen molar-refractivity contribution < 1.29 is 39.9 Å². The number of aromatic hydroxyl groups is 1. The number of hydrogen-bond donors (Lipinski definition) is 6. The second kappa shape index (κ2) is 10.4. The van der Waals surface area contributed by atoms with E-state index in [1.165, 1.54) is 38.1 Å². The number of aliphatic hydroxyl groups is 4. The standard InChI is InChI=1S/C22H23ClN2O8.3ClH.Sb/c1-21(32)7-6-8-15(25(2)3)17(28)13(20(24)31)19(30)22(8,33)18(29)11(7)16(27)12-10(26)5-4-9(23)14(12)21;;;;/h4-5,7-8,15,26-27,30,32-33H,6H2,1-3H3,(H2,24,31);3*1H;/q;;;;+3/p-3/t7-,8-,15?,21-,22?;;;;/m1..../s1. The first-order valence-corrected chi connectivity index (χ1v) is 20.7. The predicted octanol–water partition coefficient (Wildman–Crippen LogP) is 1.97. The van der Waals surface area contributed by atoms with Crippen molar-refractivity contribution in [2.75, 3.05) is 14.1 Å². The Bertz CT molecular complexity index is 1260. The number of halogens is 4. The number of amides is 1. The van der Waals surface area contributed by atoms with Gasteiger partial charge in [-0.2, -0.15) is 0 Å². The van der Waals surface area contributed by atoms with Gasteiger partial charge < -0.3 is 31.3 Å². The fourth-order valence-corrected chi connectivity index (χ4v) is 5.93. The van der Waals surface area contributed by atoms with Crippen LogP contribution in [-0.2, 0) is 20.0 Å². The van der Waals surface area contributed by atoms with Crippen LogP contribution in [0, 0.1) is 11.8 Å². The summed E-state index contributed by atoms with van der Waals surface area (Å²) >= 11 is 4.24. The number of rotatable bonds is 2. The number of nitrogens with zero attached hydrogens (tertiary/aromatic N) is 1. The van der Waals surface area contributed by atoms with Crippen molar-refractivity contribution >= 4 is 78.1 Å². The topological polar surface area (TPSA) is 182 Å². The zero-order valence-corrected chi connectivity index (χ0v) is 25.1. The number of fused-ring (bicyclic) bond motifs is 3. The van der Waals surface area contributed by atoms with Crippen molar-refractivity contribution in [1.82, 2.24) is 4.90 Å². The summed E-state index contributed by atoms with van der Waals surface area (Å²) in [7, 11) is 17.9. The normalized spacial score (nSPS) is 31.1. The van der Waals surface area contributed by atoms with Crippen molar-refractivity contribution in [3.8, 4) is 5.75 Å². The number of aliphatic hydroxyl groups excluding tert-OH is 2. The average molecular weight is 707 g/mol. The Balaban J connectivity index is 0.000000886. The van der Waals surface area contributed by atoms with Crippen molar-refractivity contribution in [3.05, 3.63) is 45.2 Å². The number of carbonyl (C=O) groups is 3. The van der Waals surface area contributed by atoms with Gasteiger partial charge in [-0.05, 0) is 39.6 Å². The molecule has 0 radical (unpaired) electrons. The Labute approximate surface area is 234 Å². The van der Waals surface area contributed by atoms with Crippen LogP contribution in [0.3, 0.4) is 0 Å². The number of likely N-dealkylation sites (N-methyl/N-ethyl adjacent to an activating group) is 1. The van der Waals surface area contributed by atoms with Gasteiger partial charge in [-0.3, -0.25) is 19.3 Å². The Hall–Kier alpha value is -1.23. The van der Waals surface area contributed by atoms with Crippen LogP contribution in [-0.4, -0.2) is 90.4 Å². The number of Topliss-reactive ketones (excluding diaryl/α,β-unsaturated/α-hetero) is 2. The molecule has 7 N–H and O–H groups in total. The van der Waals surface area contributed by atoms with E-state index in [0.29, 0.717) is 0 Å². The maximum absolute atomic E-state index is 13.7. The number of phenols is 1. The number of benzene rings is 1. The van der Waals surface area contributed by atoms with Crippen molar-refractivity contribution in [2.45, 2.75) is 30.6 Å². The molecule has 10 nitrogen and oxygen atoms in total. The maximum atomic E-state index is 13.7. The van der Waals surface area contributed by atoms with Crippen LogP contribution in [0.15, 0.2) is 29.0 Å². The number of phenolic OH excluding ortho intramolecular Hbond substituents is 1. The molecule has 202 valence electrons. The van der Waals surface area contributed by atoms with Crippen LogP contribution >= 0.6 is 38.1 Å². The number of primary amides is 1. The van der Waals surface area contributed by atoms with Crippen LogP contribution in [0.25, 0.3) is 5.76 Å². The molecule has 0 spiro atoms. The summed E-state index contributed by atoms with van der Waals surface area (Å²) in [6, 6.07) is 1.24. The Morgan fingerprint density at radius 3 is 2.16 bits per heavy atom. The van der Waals surface area contributed by atoms with Gasteiger partial charge >= 0.3 is 43.3 Å². The fourth-order valence-electron chi connectivity index (χ4n) is 5.58. The molecule has 0 aliphatic heterocycles. The van der Waals surface area contributed by atoms with E-state index >= 15 is 0 Å². The summed E-state index contributed by atoms with van der Waals surface area (Å²) in [5, 5.41) is 55.2. The molecule has 15 heteroatoms. The molecule has 1 amide bonds. The van der Waals surface area contributed by atoms with Gasteiger partial charge in [0.1, 0.15) is 22.8 Å². The van der Waals surface area contributed by atoms with Crippen LogP contribution in [0.2, 0.25) is 5.02 Å². The van der Waals surface area contributed by atoms with E-state index in [0.717, 1.165) is 0 Å². The van der Waals surface area contributed by atoms with Gasteiger partial charge in [0.15, 0.2) is 11.4 Å². The molecule has 3 aliphatic carbocycles. The summed E-state index contributed by atoms with van der Waals surface area (Å²) in [4.78, 5) is 40.1. The molecule has 1 saturated carbocycles. The molecule has 2 unspecified atom stereocenters. The second-order valence-electron chi connectivity index (χ2n) is 9.27. The minimum atomic E-state index is -2.78. The van der Waals surface area contributed by atoms with Crippen molar-refractivity contribution in [1.29, 1.82) is 0 Å². The van der Waals surface area contributed by atoms with Crippen molar-refractivity contribution in [2.24, 2.45) is 17.6 Å². The molecule has 1 aromatic carbocycles. The van der Waals surface area contributed by atoms with Gasteiger partial charge in [0.05, 0.1) is 17.2 Å². The fraction of sp³-hybridized carbons (Fsp3) is 0.409. The second-order valence-corrected chi connectivity index (χ2v) is 21.1. The molecule has 1 fully saturated rings. The Kier molecular flexibility index (Phi) is 8.51. The van der Waals surface area contributed by atoms with E-state index in [1.54, 1.807) is 0 Å². The first kappa shape index (κ1) is 30.3. The number of ketones is 2. The number of nitrogens with two attached hydrogens (primary N) is 1. The summed E-state index contributed by atoms with van der Waals surface area (Å²) in [5.41, 5.74) is -1.10. The van der Waals surface area contributed by atoms with Gasteiger partial charge in [-0.1, -0.05) is 11.6 Å². The first-order chi connectivity index (χ1) is 16.9. The van der Waals surface area contributed by atoms with Crippen LogP contribution in [0.1, 0.15) is 24.5 Å². The molecule has 0 saturated heterocycles. The van der Waals surface area contributed by atoms with Gasteiger partial charge in [0.2, 0.25) is 5.78 Å². The molecule has 1 aromatic rings. The van der Waals surface area contributed by atoms with E-state index in [-0.39, 0.29) is 22.6 Å². The molecule has 0 bridgehead atoms. The van der Waals surface area contributed by atoms with Crippen LogP contribution in [0.4, 0.5) is 0 Å². The SMILES string of the molecule is CN(C)C1C(=O)C(C(N)=O)=C(O)C2(O)C(=O)C3=C(O)c4c(O)ccc(Cl)c4[C@](C)(O)[C@@H]3C[C@H]12.[Cl][Sb]([Cl])[Cl]. The molecule has 0 aromatic heterocycles. The summed E-state index contributed by atoms with van der Waals surface area (Å²) in [6.45, 7) is 1.34. The molecule has 3 aliphatic rings. The third kappa shape index (κ3) is 4.63. The molecule has 4 rings (SSSR count). The molecule has 37 heavy (non-hydrogen) atoms. The Morgan fingerprint density at radius 2 is 1.68 bits per heavy atom. The van der Waals surface area contributed by atoms with Crippen LogP contribution in [0.5, 0.6) is 5.75 Å². The van der Waals surface area contributed by atoms with E-state index in [1.807, 2.05) is 0 Å². The monoisotopic (exact) mass is 704 g/mol. The van der Waals surface area contributed by atoms with Gasteiger partial charge in [-0.25, -0.2) is 0 Å². The average Bonchev–Trinajstić information content (AvgIpc) is 2.75. The van der Waals surface area contributed by atoms with E-state index in [4.69, 9.17) is 43.8 Å². The summed E-state index contributed by atoms with van der Waals surface area (Å²) in [6.07, 6.45) is -0.259. The molecular weight excluding hydrogens is 684 g/mol. The van der Waals surface area contributed by atoms with Gasteiger partial charge in [-0.15, -0.1) is 0 Å².